The van der Waals surface area contributed by atoms with E-state index in [1.54, 1.807) is 0 Å². The monoisotopic (exact) mass is 412 g/mol. The van der Waals surface area contributed by atoms with Gasteiger partial charge >= 0.3 is 0 Å². The van der Waals surface area contributed by atoms with Gasteiger partial charge in [-0.3, -0.25) is 0 Å². The van der Waals surface area contributed by atoms with Crippen molar-refractivity contribution in [3.05, 3.63) is 121 Å². The molecule has 5 rings (SSSR count). The number of nitrogens with two attached hydrogens (primary N) is 2. The fourth-order valence-electron chi connectivity index (χ4n) is 4.28. The number of benzene rings is 5. The van der Waals surface area contributed by atoms with Crippen molar-refractivity contribution in [1.29, 1.82) is 0 Å². The van der Waals surface area contributed by atoms with Crippen LogP contribution in [0.15, 0.2) is 121 Å². The fourth-order valence-corrected chi connectivity index (χ4v) is 4.28. The second-order valence-electron chi connectivity index (χ2n) is 7.89. The summed E-state index contributed by atoms with van der Waals surface area (Å²) in [5.41, 5.74) is 23.0. The van der Waals surface area contributed by atoms with Gasteiger partial charge in [-0.05, 0) is 68.8 Å². The molecular weight excluding hydrogens is 388 g/mol. The highest BCUT2D eigenvalue weighted by atomic mass is 14.5. The van der Waals surface area contributed by atoms with Crippen molar-refractivity contribution in [1.82, 2.24) is 0 Å². The van der Waals surface area contributed by atoms with Gasteiger partial charge in [0, 0.05) is 11.4 Å². The van der Waals surface area contributed by atoms with E-state index in [2.05, 4.69) is 84.9 Å². The van der Waals surface area contributed by atoms with Crippen molar-refractivity contribution in [2.45, 2.75) is 0 Å². The van der Waals surface area contributed by atoms with Crippen molar-refractivity contribution < 1.29 is 0 Å². The molecule has 2 heteroatoms. The minimum absolute atomic E-state index is 0.730. The van der Waals surface area contributed by atoms with Crippen LogP contribution in [0, 0.1) is 0 Å². The van der Waals surface area contributed by atoms with Crippen molar-refractivity contribution in [2.75, 3.05) is 11.5 Å². The van der Waals surface area contributed by atoms with Gasteiger partial charge in [-0.25, -0.2) is 0 Å². The Bertz CT molecular complexity index is 1390. The Morgan fingerprint density at radius 1 is 0.312 bits per heavy atom. The van der Waals surface area contributed by atoms with E-state index in [1.807, 2.05) is 36.4 Å². The molecule has 5 aromatic carbocycles. The molecule has 2 nitrogen and oxygen atoms in total. The molecule has 0 saturated heterocycles. The van der Waals surface area contributed by atoms with Crippen molar-refractivity contribution in [2.24, 2.45) is 0 Å². The first kappa shape index (κ1) is 19.7. The molecule has 0 atom stereocenters. The summed E-state index contributed by atoms with van der Waals surface area (Å²) >= 11 is 0. The predicted octanol–water partition coefficient (Wildman–Crippen LogP) is 7.52. The number of hydrogen-bond donors (Lipinski definition) is 2. The van der Waals surface area contributed by atoms with Crippen molar-refractivity contribution in [3.63, 3.8) is 0 Å². The lowest BCUT2D eigenvalue weighted by Crippen LogP contribution is -1.94. The van der Waals surface area contributed by atoms with E-state index in [1.165, 1.54) is 22.3 Å². The van der Waals surface area contributed by atoms with Crippen LogP contribution in [0.5, 0.6) is 0 Å². The van der Waals surface area contributed by atoms with Crippen LogP contribution in [0.4, 0.5) is 11.4 Å². The molecular formula is C30H24N2. The van der Waals surface area contributed by atoms with Crippen LogP contribution in [0.2, 0.25) is 0 Å². The van der Waals surface area contributed by atoms with Crippen LogP contribution >= 0.6 is 0 Å². The summed E-state index contributed by atoms with van der Waals surface area (Å²) in [7, 11) is 0. The summed E-state index contributed by atoms with van der Waals surface area (Å²) in [6.45, 7) is 0. The van der Waals surface area contributed by atoms with Crippen LogP contribution in [-0.4, -0.2) is 0 Å². The number of nitrogen functional groups attached to an aromatic ring is 2. The minimum Gasteiger partial charge on any atom is -0.399 e. The molecule has 0 spiro atoms. The lowest BCUT2D eigenvalue weighted by Gasteiger charge is -2.18. The second-order valence-corrected chi connectivity index (χ2v) is 7.89. The average molecular weight is 413 g/mol. The van der Waals surface area contributed by atoms with E-state index in [0.29, 0.717) is 0 Å². The maximum atomic E-state index is 6.20. The summed E-state index contributed by atoms with van der Waals surface area (Å²) in [4.78, 5) is 0. The number of anilines is 2. The number of rotatable bonds is 4. The lowest BCUT2D eigenvalue weighted by atomic mass is 9.86. The summed E-state index contributed by atoms with van der Waals surface area (Å²) < 4.78 is 0. The Labute approximate surface area is 188 Å². The SMILES string of the molecule is Nc1cccc(-c2cc(N)ccc2-c2ccccc2-c2ccccc2-c2ccccc2)c1. The molecule has 0 saturated carbocycles. The summed E-state index contributed by atoms with van der Waals surface area (Å²) in [5.74, 6) is 0. The average Bonchev–Trinajstić information content (AvgIpc) is 2.85. The van der Waals surface area contributed by atoms with E-state index in [0.717, 1.165) is 33.6 Å². The molecule has 0 bridgehead atoms. The predicted molar refractivity (Wildman–Crippen MR) is 137 cm³/mol. The normalized spacial score (nSPS) is 10.8. The maximum Gasteiger partial charge on any atom is 0.0320 e. The maximum absolute atomic E-state index is 6.20. The van der Waals surface area contributed by atoms with Crippen LogP contribution in [0.3, 0.4) is 0 Å². The third kappa shape index (κ3) is 3.75. The summed E-state index contributed by atoms with van der Waals surface area (Å²) in [6, 6.07) is 41.7. The van der Waals surface area contributed by atoms with Gasteiger partial charge in [-0.15, -0.1) is 0 Å². The molecule has 4 N–H and O–H groups in total. The highest BCUT2D eigenvalue weighted by Gasteiger charge is 2.15. The van der Waals surface area contributed by atoms with Gasteiger partial charge in [0.1, 0.15) is 0 Å². The van der Waals surface area contributed by atoms with E-state index in [-0.39, 0.29) is 0 Å². The molecule has 154 valence electrons. The van der Waals surface area contributed by atoms with Gasteiger partial charge < -0.3 is 11.5 Å². The Morgan fingerprint density at radius 2 is 0.812 bits per heavy atom. The van der Waals surface area contributed by atoms with Gasteiger partial charge in [-0.2, -0.15) is 0 Å². The zero-order chi connectivity index (χ0) is 21.9. The molecule has 5 aromatic rings. The first-order chi connectivity index (χ1) is 15.7. The first-order valence-electron chi connectivity index (χ1n) is 10.7. The van der Waals surface area contributed by atoms with Crippen LogP contribution in [-0.2, 0) is 0 Å². The standard InChI is InChI=1S/C30H24N2/c31-23-12-8-11-22(19-23)30-20-24(32)17-18-29(30)28-16-7-6-15-27(28)26-14-5-4-13-25(26)21-9-2-1-3-10-21/h1-20H,31-32H2. The Morgan fingerprint density at radius 3 is 1.47 bits per heavy atom. The van der Waals surface area contributed by atoms with Crippen molar-refractivity contribution >= 4 is 11.4 Å². The second kappa shape index (κ2) is 8.44. The summed E-state index contributed by atoms with van der Waals surface area (Å²) in [5, 5.41) is 0. The summed E-state index contributed by atoms with van der Waals surface area (Å²) in [6.07, 6.45) is 0. The largest absolute Gasteiger partial charge is 0.399 e. The molecule has 0 heterocycles. The smallest absolute Gasteiger partial charge is 0.0320 e. The first-order valence-corrected chi connectivity index (χ1v) is 10.7. The van der Waals surface area contributed by atoms with Gasteiger partial charge in [0.15, 0.2) is 0 Å². The van der Waals surface area contributed by atoms with Crippen molar-refractivity contribution in [3.8, 4) is 44.5 Å². The minimum atomic E-state index is 0.730. The van der Waals surface area contributed by atoms with E-state index in [9.17, 15) is 0 Å². The van der Waals surface area contributed by atoms with E-state index in [4.69, 9.17) is 11.5 Å². The van der Waals surface area contributed by atoms with E-state index < -0.39 is 0 Å². The highest BCUT2D eigenvalue weighted by Crippen LogP contribution is 2.42. The van der Waals surface area contributed by atoms with Gasteiger partial charge in [0.05, 0.1) is 0 Å². The molecule has 0 aromatic heterocycles. The molecule has 0 aliphatic rings. The molecule has 0 aliphatic carbocycles. The third-order valence-electron chi connectivity index (χ3n) is 5.76. The zero-order valence-electron chi connectivity index (χ0n) is 17.7. The number of hydrogen-bond acceptors (Lipinski definition) is 2. The van der Waals surface area contributed by atoms with Crippen LogP contribution in [0.25, 0.3) is 44.5 Å². The van der Waals surface area contributed by atoms with Crippen LogP contribution < -0.4 is 11.5 Å². The van der Waals surface area contributed by atoms with Gasteiger partial charge in [0.2, 0.25) is 0 Å². The topological polar surface area (TPSA) is 52.0 Å². The molecule has 0 amide bonds. The third-order valence-corrected chi connectivity index (χ3v) is 5.76. The van der Waals surface area contributed by atoms with Gasteiger partial charge in [0.25, 0.3) is 0 Å². The molecule has 32 heavy (non-hydrogen) atoms. The zero-order valence-corrected chi connectivity index (χ0v) is 17.7. The van der Waals surface area contributed by atoms with E-state index >= 15 is 0 Å². The van der Waals surface area contributed by atoms with Crippen LogP contribution in [0.1, 0.15) is 0 Å². The Hall–Kier alpha value is -4.30. The Balaban J connectivity index is 1.75. The molecule has 0 radical (unpaired) electrons. The lowest BCUT2D eigenvalue weighted by molar-refractivity contribution is 1.55. The molecule has 0 unspecified atom stereocenters. The highest BCUT2D eigenvalue weighted by molar-refractivity contribution is 5.96. The van der Waals surface area contributed by atoms with Gasteiger partial charge in [-0.1, -0.05) is 97.1 Å². The quantitative estimate of drug-likeness (QED) is 0.300. The Kier molecular flexibility index (Phi) is 5.19. The molecule has 0 aliphatic heterocycles. The molecule has 0 fully saturated rings. The fraction of sp³-hybridized carbons (Fsp3) is 0.